The molecule has 5 heteroatoms. The van der Waals surface area contributed by atoms with Crippen LogP contribution in [0.15, 0.2) is 48.5 Å². The molecule has 2 aliphatic rings. The maximum absolute atomic E-state index is 12.9. The molecule has 0 aromatic heterocycles. The van der Waals surface area contributed by atoms with Crippen LogP contribution in [0.4, 0.5) is 0 Å². The number of halogens is 2. The van der Waals surface area contributed by atoms with Crippen LogP contribution < -0.4 is 0 Å². The van der Waals surface area contributed by atoms with Gasteiger partial charge in [0.15, 0.2) is 0 Å². The van der Waals surface area contributed by atoms with Gasteiger partial charge in [0.25, 0.3) is 0 Å². The van der Waals surface area contributed by atoms with Gasteiger partial charge in [0, 0.05) is 42.1 Å². The van der Waals surface area contributed by atoms with Gasteiger partial charge in [-0.15, -0.1) is 0 Å². The molecular weight excluding hydrogens is 403 g/mol. The van der Waals surface area contributed by atoms with Crippen molar-refractivity contribution >= 4 is 29.1 Å². The Morgan fingerprint density at radius 3 is 1.72 bits per heavy atom. The van der Waals surface area contributed by atoms with Crippen molar-refractivity contribution in [3.8, 4) is 0 Å². The van der Waals surface area contributed by atoms with Crippen molar-refractivity contribution in [3.63, 3.8) is 0 Å². The molecule has 2 fully saturated rings. The fraction of sp³-hybridized carbons (Fsp3) is 0.458. The molecule has 1 heterocycles. The lowest BCUT2D eigenvalue weighted by Gasteiger charge is -2.41. The molecule has 0 radical (unpaired) electrons. The van der Waals surface area contributed by atoms with Crippen molar-refractivity contribution in [2.75, 3.05) is 26.2 Å². The zero-order valence-corrected chi connectivity index (χ0v) is 18.2. The lowest BCUT2D eigenvalue weighted by atomic mass is 9.88. The van der Waals surface area contributed by atoms with Gasteiger partial charge < -0.3 is 4.90 Å². The first-order valence-electron chi connectivity index (χ1n) is 10.7. The first-order chi connectivity index (χ1) is 14.1. The van der Waals surface area contributed by atoms with Gasteiger partial charge in [-0.25, -0.2) is 0 Å². The molecule has 0 spiro atoms. The molecule has 2 aromatic rings. The van der Waals surface area contributed by atoms with Crippen molar-refractivity contribution in [2.24, 2.45) is 5.92 Å². The Kier molecular flexibility index (Phi) is 6.79. The van der Waals surface area contributed by atoms with Crippen LogP contribution in [-0.4, -0.2) is 41.9 Å². The molecule has 1 aliphatic carbocycles. The summed E-state index contributed by atoms with van der Waals surface area (Å²) in [5.41, 5.74) is 2.42. The molecule has 0 N–H and O–H groups in total. The predicted octanol–water partition coefficient (Wildman–Crippen LogP) is 5.81. The molecule has 1 aliphatic heterocycles. The third-order valence-electron chi connectivity index (χ3n) is 6.32. The normalized spacial score (nSPS) is 18.9. The van der Waals surface area contributed by atoms with Crippen molar-refractivity contribution in [2.45, 2.75) is 38.1 Å². The van der Waals surface area contributed by atoms with Gasteiger partial charge >= 0.3 is 0 Å². The van der Waals surface area contributed by atoms with E-state index in [1.54, 1.807) is 0 Å². The summed E-state index contributed by atoms with van der Waals surface area (Å²) in [4.78, 5) is 17.5. The highest BCUT2D eigenvalue weighted by molar-refractivity contribution is 6.30. The molecule has 1 amide bonds. The van der Waals surface area contributed by atoms with E-state index >= 15 is 0 Å². The van der Waals surface area contributed by atoms with Crippen LogP contribution in [-0.2, 0) is 4.79 Å². The molecule has 29 heavy (non-hydrogen) atoms. The van der Waals surface area contributed by atoms with E-state index in [9.17, 15) is 4.79 Å². The van der Waals surface area contributed by atoms with Gasteiger partial charge in [-0.1, -0.05) is 66.7 Å². The van der Waals surface area contributed by atoms with Gasteiger partial charge in [0.2, 0.25) is 5.91 Å². The molecule has 2 aromatic carbocycles. The Bertz CT molecular complexity index is 762. The highest BCUT2D eigenvalue weighted by Crippen LogP contribution is 2.32. The van der Waals surface area contributed by atoms with E-state index in [2.05, 4.69) is 34.1 Å². The summed E-state index contributed by atoms with van der Waals surface area (Å²) in [6, 6.07) is 16.3. The maximum atomic E-state index is 12.9. The summed E-state index contributed by atoms with van der Waals surface area (Å²) >= 11 is 12.2. The standard InChI is InChI=1S/C24H28Cl2N2O/c25-21-10-6-18(7-11-21)23(19-8-12-22(26)13-9-19)27-14-16-28(17-15-27)24(29)20-4-2-1-3-5-20/h6-13,20,23H,1-5,14-17H2. The first kappa shape index (κ1) is 20.7. The number of hydrogen-bond donors (Lipinski definition) is 0. The Morgan fingerprint density at radius 1 is 0.759 bits per heavy atom. The summed E-state index contributed by atoms with van der Waals surface area (Å²) in [5, 5.41) is 1.48. The third kappa shape index (κ3) is 4.96. The predicted molar refractivity (Wildman–Crippen MR) is 119 cm³/mol. The molecule has 0 atom stereocenters. The Hall–Kier alpha value is -1.55. The minimum atomic E-state index is 0.136. The van der Waals surface area contributed by atoms with Crippen LogP contribution in [0, 0.1) is 5.92 Å². The van der Waals surface area contributed by atoms with Gasteiger partial charge in [0.1, 0.15) is 0 Å². The lowest BCUT2D eigenvalue weighted by Crippen LogP contribution is -2.51. The number of benzene rings is 2. The van der Waals surface area contributed by atoms with Crippen LogP contribution in [0.5, 0.6) is 0 Å². The first-order valence-corrected chi connectivity index (χ1v) is 11.4. The topological polar surface area (TPSA) is 23.6 Å². The summed E-state index contributed by atoms with van der Waals surface area (Å²) < 4.78 is 0. The Labute approximate surface area is 183 Å². The Morgan fingerprint density at radius 2 is 1.24 bits per heavy atom. The van der Waals surface area contributed by atoms with Crippen LogP contribution >= 0.6 is 23.2 Å². The number of rotatable bonds is 4. The molecule has 154 valence electrons. The molecule has 0 unspecified atom stereocenters. The second kappa shape index (κ2) is 9.51. The van der Waals surface area contributed by atoms with E-state index in [0.29, 0.717) is 5.91 Å². The van der Waals surface area contributed by atoms with Crippen LogP contribution in [0.25, 0.3) is 0 Å². The minimum Gasteiger partial charge on any atom is -0.340 e. The molecule has 0 bridgehead atoms. The number of carbonyl (C=O) groups excluding carboxylic acids is 1. The van der Waals surface area contributed by atoms with E-state index in [0.717, 1.165) is 49.1 Å². The minimum absolute atomic E-state index is 0.136. The van der Waals surface area contributed by atoms with E-state index < -0.39 is 0 Å². The van der Waals surface area contributed by atoms with E-state index in [4.69, 9.17) is 23.2 Å². The van der Waals surface area contributed by atoms with Crippen LogP contribution in [0.3, 0.4) is 0 Å². The quantitative estimate of drug-likeness (QED) is 0.610. The molecule has 1 saturated carbocycles. The zero-order chi connectivity index (χ0) is 20.2. The zero-order valence-electron chi connectivity index (χ0n) is 16.7. The SMILES string of the molecule is O=C(C1CCCCC1)N1CCN(C(c2ccc(Cl)cc2)c2ccc(Cl)cc2)CC1. The van der Waals surface area contributed by atoms with Crippen LogP contribution in [0.1, 0.15) is 49.3 Å². The molecule has 4 rings (SSSR count). The Balaban J connectivity index is 1.49. The number of amides is 1. The highest BCUT2D eigenvalue weighted by atomic mass is 35.5. The molecule has 1 saturated heterocycles. The van der Waals surface area contributed by atoms with E-state index in [-0.39, 0.29) is 12.0 Å². The average Bonchev–Trinajstić information content (AvgIpc) is 2.77. The summed E-state index contributed by atoms with van der Waals surface area (Å²) in [6.07, 6.45) is 5.81. The number of nitrogens with zero attached hydrogens (tertiary/aromatic N) is 2. The molecular formula is C24H28Cl2N2O. The van der Waals surface area contributed by atoms with Gasteiger partial charge in [-0.05, 0) is 48.2 Å². The number of carbonyl (C=O) groups is 1. The van der Waals surface area contributed by atoms with Crippen molar-refractivity contribution in [1.29, 1.82) is 0 Å². The van der Waals surface area contributed by atoms with Gasteiger partial charge in [0.05, 0.1) is 6.04 Å². The fourth-order valence-electron chi connectivity index (χ4n) is 4.71. The second-order valence-corrected chi connectivity index (χ2v) is 9.07. The van der Waals surface area contributed by atoms with E-state index in [1.165, 1.54) is 30.4 Å². The number of hydrogen-bond acceptors (Lipinski definition) is 2. The summed E-state index contributed by atoms with van der Waals surface area (Å²) in [7, 11) is 0. The van der Waals surface area contributed by atoms with Crippen molar-refractivity contribution in [1.82, 2.24) is 9.80 Å². The second-order valence-electron chi connectivity index (χ2n) is 8.20. The average molecular weight is 431 g/mol. The van der Waals surface area contributed by atoms with E-state index in [1.807, 2.05) is 24.3 Å². The summed E-state index contributed by atoms with van der Waals surface area (Å²) in [5.74, 6) is 0.623. The van der Waals surface area contributed by atoms with Crippen LogP contribution in [0.2, 0.25) is 10.0 Å². The monoisotopic (exact) mass is 430 g/mol. The lowest BCUT2D eigenvalue weighted by molar-refractivity contribution is -0.138. The smallest absolute Gasteiger partial charge is 0.225 e. The number of piperazine rings is 1. The van der Waals surface area contributed by atoms with Crippen molar-refractivity contribution < 1.29 is 4.79 Å². The maximum Gasteiger partial charge on any atom is 0.225 e. The third-order valence-corrected chi connectivity index (χ3v) is 6.82. The van der Waals surface area contributed by atoms with Gasteiger partial charge in [-0.3, -0.25) is 9.69 Å². The largest absolute Gasteiger partial charge is 0.340 e. The van der Waals surface area contributed by atoms with Crippen molar-refractivity contribution in [3.05, 3.63) is 69.7 Å². The molecule has 3 nitrogen and oxygen atoms in total. The summed E-state index contributed by atoms with van der Waals surface area (Å²) in [6.45, 7) is 3.34. The highest BCUT2D eigenvalue weighted by Gasteiger charge is 2.31. The van der Waals surface area contributed by atoms with Gasteiger partial charge in [-0.2, -0.15) is 0 Å². The fourth-order valence-corrected chi connectivity index (χ4v) is 4.96.